The van der Waals surface area contributed by atoms with E-state index in [2.05, 4.69) is 5.10 Å². The molecule has 2 heterocycles. The number of fused-ring (bicyclic) bond motifs is 1. The van der Waals surface area contributed by atoms with Gasteiger partial charge in [-0.3, -0.25) is 14.9 Å². The Kier molecular flexibility index (Phi) is 3.78. The molecule has 0 radical (unpaired) electrons. The van der Waals surface area contributed by atoms with Crippen LogP contribution in [0.1, 0.15) is 36.7 Å². The van der Waals surface area contributed by atoms with Crippen molar-refractivity contribution in [3.63, 3.8) is 0 Å². The van der Waals surface area contributed by atoms with Crippen LogP contribution in [-0.4, -0.2) is 32.3 Å². The predicted octanol–water partition coefficient (Wildman–Crippen LogP) is 2.73. The van der Waals surface area contributed by atoms with Crippen molar-refractivity contribution in [2.45, 2.75) is 32.9 Å². The van der Waals surface area contributed by atoms with E-state index < -0.39 is 16.6 Å². The minimum Gasteiger partial charge on any atom is -0.442 e. The first-order valence-corrected chi connectivity index (χ1v) is 7.53. The third-order valence-electron chi connectivity index (χ3n) is 3.56. The number of benzene rings is 1. The molecule has 2 aromatic rings. The molecule has 0 N–H and O–H groups in total. The largest absolute Gasteiger partial charge is 0.442 e. The Morgan fingerprint density at radius 1 is 1.36 bits per heavy atom. The van der Waals surface area contributed by atoms with Crippen LogP contribution in [0, 0.1) is 10.1 Å². The van der Waals surface area contributed by atoms with E-state index in [1.165, 1.54) is 35.5 Å². The first kappa shape index (κ1) is 16.6. The molecule has 0 saturated heterocycles. The van der Waals surface area contributed by atoms with Crippen molar-refractivity contribution in [1.29, 1.82) is 0 Å². The molecule has 25 heavy (non-hydrogen) atoms. The number of carbonyl (C=O) groups excluding carboxylic acids is 2. The van der Waals surface area contributed by atoms with E-state index in [1.807, 2.05) is 0 Å². The molecule has 0 unspecified atom stereocenters. The monoisotopic (exact) mass is 344 g/mol. The summed E-state index contributed by atoms with van der Waals surface area (Å²) < 4.78 is 6.23. The fraction of sp³-hybridized carbons (Fsp3) is 0.312. The van der Waals surface area contributed by atoms with E-state index >= 15 is 0 Å². The first-order valence-electron chi connectivity index (χ1n) is 7.53. The molecule has 0 aliphatic carbocycles. The van der Waals surface area contributed by atoms with Crippen LogP contribution in [-0.2, 0) is 11.3 Å². The standard InChI is InChI=1S/C16H16N4O5/c1-16(2,3)25-15(22)19-9-12(7-17-19)18-8-10-6-11(20(23)24)4-5-13(10)14(18)21/h4-7,9H,8H2,1-3H3. The molecule has 9 nitrogen and oxygen atoms in total. The number of rotatable bonds is 2. The Balaban J connectivity index is 1.83. The number of aromatic nitrogens is 2. The number of hydrogen-bond acceptors (Lipinski definition) is 6. The van der Waals surface area contributed by atoms with Crippen LogP contribution in [0.25, 0.3) is 0 Å². The van der Waals surface area contributed by atoms with E-state index in [-0.39, 0.29) is 18.1 Å². The lowest BCUT2D eigenvalue weighted by molar-refractivity contribution is -0.384. The van der Waals surface area contributed by atoms with Crippen molar-refractivity contribution < 1.29 is 19.2 Å². The van der Waals surface area contributed by atoms with Crippen LogP contribution >= 0.6 is 0 Å². The molecule has 0 bridgehead atoms. The topological polar surface area (TPSA) is 108 Å². The summed E-state index contributed by atoms with van der Waals surface area (Å²) >= 11 is 0. The van der Waals surface area contributed by atoms with Gasteiger partial charge in [0.25, 0.3) is 11.6 Å². The van der Waals surface area contributed by atoms with Crippen molar-refractivity contribution in [3.8, 4) is 0 Å². The second-order valence-electron chi connectivity index (χ2n) is 6.61. The number of nitro groups is 1. The second-order valence-corrected chi connectivity index (χ2v) is 6.61. The van der Waals surface area contributed by atoms with Gasteiger partial charge in [0.05, 0.1) is 29.5 Å². The molecular weight excluding hydrogens is 328 g/mol. The van der Waals surface area contributed by atoms with E-state index in [9.17, 15) is 19.7 Å². The average molecular weight is 344 g/mol. The number of nitro benzene ring substituents is 1. The van der Waals surface area contributed by atoms with Gasteiger partial charge in [-0.1, -0.05) is 0 Å². The molecule has 0 fully saturated rings. The lowest BCUT2D eigenvalue weighted by Gasteiger charge is -2.18. The first-order chi connectivity index (χ1) is 11.7. The number of carbonyl (C=O) groups is 2. The van der Waals surface area contributed by atoms with Crippen LogP contribution in [0.4, 0.5) is 16.2 Å². The highest BCUT2D eigenvalue weighted by Gasteiger charge is 2.31. The van der Waals surface area contributed by atoms with Gasteiger partial charge < -0.3 is 9.64 Å². The summed E-state index contributed by atoms with van der Waals surface area (Å²) in [6, 6.07) is 4.12. The lowest BCUT2D eigenvalue weighted by Crippen LogP contribution is -2.27. The maximum absolute atomic E-state index is 12.5. The summed E-state index contributed by atoms with van der Waals surface area (Å²) in [5, 5.41) is 14.8. The number of hydrogen-bond donors (Lipinski definition) is 0. The van der Waals surface area contributed by atoms with Crippen molar-refractivity contribution in [3.05, 3.63) is 51.8 Å². The average Bonchev–Trinajstić information content (AvgIpc) is 3.10. The van der Waals surface area contributed by atoms with Crippen LogP contribution < -0.4 is 4.90 Å². The van der Waals surface area contributed by atoms with Crippen LogP contribution in [0.5, 0.6) is 0 Å². The number of anilines is 1. The van der Waals surface area contributed by atoms with E-state index in [4.69, 9.17) is 4.74 Å². The summed E-state index contributed by atoms with van der Waals surface area (Å²) in [4.78, 5) is 36.3. The van der Waals surface area contributed by atoms with Crippen molar-refractivity contribution >= 4 is 23.4 Å². The predicted molar refractivity (Wildman–Crippen MR) is 87.5 cm³/mol. The number of nitrogens with zero attached hydrogens (tertiary/aromatic N) is 4. The zero-order valence-corrected chi connectivity index (χ0v) is 13.9. The summed E-state index contributed by atoms with van der Waals surface area (Å²) in [5.41, 5.74) is 0.634. The van der Waals surface area contributed by atoms with Crippen LogP contribution in [0.2, 0.25) is 0 Å². The number of non-ortho nitro benzene ring substituents is 1. The van der Waals surface area contributed by atoms with Crippen LogP contribution in [0.3, 0.4) is 0 Å². The minimum absolute atomic E-state index is 0.0714. The third kappa shape index (κ3) is 3.21. The second kappa shape index (κ2) is 5.69. The van der Waals surface area contributed by atoms with Gasteiger partial charge in [-0.15, -0.1) is 0 Å². The summed E-state index contributed by atoms with van der Waals surface area (Å²) in [7, 11) is 0. The molecule has 130 valence electrons. The minimum atomic E-state index is -0.665. The van der Waals surface area contributed by atoms with Gasteiger partial charge in [-0.2, -0.15) is 9.78 Å². The Morgan fingerprint density at radius 3 is 2.72 bits per heavy atom. The van der Waals surface area contributed by atoms with Crippen LogP contribution in [0.15, 0.2) is 30.6 Å². The SMILES string of the molecule is CC(C)(C)OC(=O)n1cc(N2Cc3cc([N+](=O)[O-])ccc3C2=O)cn1. The third-order valence-corrected chi connectivity index (χ3v) is 3.56. The van der Waals surface area contributed by atoms with Gasteiger partial charge in [-0.25, -0.2) is 4.79 Å². The molecule has 9 heteroatoms. The maximum atomic E-state index is 12.5. The van der Waals surface area contributed by atoms with E-state index in [0.717, 1.165) is 4.68 Å². The van der Waals surface area contributed by atoms with Crippen molar-refractivity contribution in [1.82, 2.24) is 9.78 Å². The molecule has 0 atom stereocenters. The van der Waals surface area contributed by atoms with E-state index in [1.54, 1.807) is 20.8 Å². The number of ether oxygens (including phenoxy) is 1. The normalized spacial score (nSPS) is 13.7. The molecule has 1 aliphatic heterocycles. The van der Waals surface area contributed by atoms with Crippen molar-refractivity contribution in [2.75, 3.05) is 4.90 Å². The maximum Gasteiger partial charge on any atom is 0.435 e. The van der Waals surface area contributed by atoms with Gasteiger partial charge in [0.2, 0.25) is 0 Å². The van der Waals surface area contributed by atoms with Gasteiger partial charge in [0.1, 0.15) is 5.60 Å². The van der Waals surface area contributed by atoms with Gasteiger partial charge in [-0.05, 0) is 32.4 Å². The fourth-order valence-corrected chi connectivity index (χ4v) is 2.49. The molecule has 1 aliphatic rings. The molecule has 1 amide bonds. The van der Waals surface area contributed by atoms with Gasteiger partial charge >= 0.3 is 6.09 Å². The highest BCUT2D eigenvalue weighted by molar-refractivity contribution is 6.10. The Hall–Kier alpha value is -3.23. The highest BCUT2D eigenvalue weighted by Crippen LogP contribution is 2.30. The Bertz CT molecular complexity index is 881. The molecule has 1 aromatic carbocycles. The lowest BCUT2D eigenvalue weighted by atomic mass is 10.1. The van der Waals surface area contributed by atoms with E-state index in [0.29, 0.717) is 16.8 Å². The summed E-state index contributed by atoms with van der Waals surface area (Å²) in [6.45, 7) is 5.39. The highest BCUT2D eigenvalue weighted by atomic mass is 16.6. The zero-order chi connectivity index (χ0) is 18.4. The summed E-state index contributed by atoms with van der Waals surface area (Å²) in [5.74, 6) is -0.298. The molecular formula is C16H16N4O5. The smallest absolute Gasteiger partial charge is 0.435 e. The zero-order valence-electron chi connectivity index (χ0n) is 13.9. The Morgan fingerprint density at radius 2 is 2.08 bits per heavy atom. The molecule has 0 spiro atoms. The quantitative estimate of drug-likeness (QED) is 0.612. The molecule has 0 saturated carbocycles. The Labute approximate surface area is 142 Å². The molecule has 1 aromatic heterocycles. The van der Waals surface area contributed by atoms with Crippen molar-refractivity contribution in [2.24, 2.45) is 0 Å². The van der Waals surface area contributed by atoms with Gasteiger partial charge in [0.15, 0.2) is 0 Å². The van der Waals surface area contributed by atoms with Gasteiger partial charge in [0, 0.05) is 17.7 Å². The summed E-state index contributed by atoms with van der Waals surface area (Å²) in [6.07, 6.45) is 2.12. The fourth-order valence-electron chi connectivity index (χ4n) is 2.49. The number of amides is 1. The molecule has 3 rings (SSSR count).